The van der Waals surface area contributed by atoms with Crippen LogP contribution in [0.25, 0.3) is 21.8 Å². The number of nitrogens with two attached hydrogens (primary N) is 2. The number of H-pyrrole nitrogens is 1. The highest BCUT2D eigenvalue weighted by atomic mass is 15.0. The summed E-state index contributed by atoms with van der Waals surface area (Å²) in [6, 6.07) is 4.01. The van der Waals surface area contributed by atoms with E-state index < -0.39 is 0 Å². The average molecular weight is 253 g/mol. The van der Waals surface area contributed by atoms with Crippen molar-refractivity contribution in [2.45, 2.75) is 25.7 Å². The molecule has 1 aromatic carbocycles. The van der Waals surface area contributed by atoms with Crippen molar-refractivity contribution in [2.75, 3.05) is 11.5 Å². The van der Waals surface area contributed by atoms with Crippen molar-refractivity contribution in [1.82, 2.24) is 15.0 Å². The van der Waals surface area contributed by atoms with Crippen molar-refractivity contribution in [3.8, 4) is 0 Å². The van der Waals surface area contributed by atoms with Gasteiger partial charge in [-0.25, -0.2) is 4.98 Å². The molecule has 0 fully saturated rings. The summed E-state index contributed by atoms with van der Waals surface area (Å²) in [4.78, 5) is 11.9. The Morgan fingerprint density at radius 3 is 2.74 bits per heavy atom. The number of aromatic amines is 1. The maximum atomic E-state index is 6.07. The molecular weight excluding hydrogens is 238 g/mol. The molecule has 1 aliphatic rings. The van der Waals surface area contributed by atoms with Crippen LogP contribution in [0.15, 0.2) is 12.1 Å². The summed E-state index contributed by atoms with van der Waals surface area (Å²) in [5.41, 5.74) is 16.4. The van der Waals surface area contributed by atoms with Gasteiger partial charge in [0.15, 0.2) is 0 Å². The lowest BCUT2D eigenvalue weighted by molar-refractivity contribution is 0.680. The number of nitrogens with zero attached hydrogens (tertiary/aromatic N) is 2. The Bertz CT molecular complexity index is 803. The Kier molecular flexibility index (Phi) is 2.01. The molecule has 0 saturated carbocycles. The predicted molar refractivity (Wildman–Crippen MR) is 76.9 cm³/mol. The van der Waals surface area contributed by atoms with Crippen LogP contribution in [0.4, 0.5) is 11.8 Å². The van der Waals surface area contributed by atoms with E-state index in [1.165, 1.54) is 29.5 Å². The van der Waals surface area contributed by atoms with Crippen LogP contribution in [-0.2, 0) is 12.8 Å². The van der Waals surface area contributed by atoms with Crippen LogP contribution < -0.4 is 11.5 Å². The maximum Gasteiger partial charge on any atom is 0.222 e. The topological polar surface area (TPSA) is 93.6 Å². The van der Waals surface area contributed by atoms with Crippen LogP contribution in [0, 0.1) is 0 Å². The molecule has 5 N–H and O–H groups in total. The van der Waals surface area contributed by atoms with E-state index in [4.69, 9.17) is 11.5 Å². The molecule has 96 valence electrons. The van der Waals surface area contributed by atoms with Crippen molar-refractivity contribution in [3.63, 3.8) is 0 Å². The van der Waals surface area contributed by atoms with Gasteiger partial charge in [-0.15, -0.1) is 0 Å². The zero-order valence-corrected chi connectivity index (χ0v) is 10.5. The monoisotopic (exact) mass is 253 g/mol. The molecule has 0 saturated heterocycles. The second-order valence-corrected chi connectivity index (χ2v) is 5.14. The van der Waals surface area contributed by atoms with Crippen LogP contribution in [0.2, 0.25) is 0 Å². The van der Waals surface area contributed by atoms with Gasteiger partial charge in [0.1, 0.15) is 5.82 Å². The van der Waals surface area contributed by atoms with Crippen LogP contribution >= 0.6 is 0 Å². The van der Waals surface area contributed by atoms with Crippen LogP contribution in [0.5, 0.6) is 0 Å². The highest BCUT2D eigenvalue weighted by Crippen LogP contribution is 2.35. The van der Waals surface area contributed by atoms with Gasteiger partial charge in [-0.05, 0) is 43.4 Å². The minimum atomic E-state index is 0.230. The van der Waals surface area contributed by atoms with Gasteiger partial charge in [-0.3, -0.25) is 0 Å². The quantitative estimate of drug-likeness (QED) is 0.572. The zero-order valence-electron chi connectivity index (χ0n) is 10.5. The molecule has 0 aliphatic heterocycles. The Labute approximate surface area is 110 Å². The van der Waals surface area contributed by atoms with E-state index >= 15 is 0 Å². The highest BCUT2D eigenvalue weighted by Gasteiger charge is 2.19. The molecule has 1 aliphatic carbocycles. The van der Waals surface area contributed by atoms with Gasteiger partial charge in [0, 0.05) is 16.6 Å². The molecule has 0 atom stereocenters. The van der Waals surface area contributed by atoms with Crippen LogP contribution in [0.3, 0.4) is 0 Å². The van der Waals surface area contributed by atoms with Crippen molar-refractivity contribution in [1.29, 1.82) is 0 Å². The number of fused-ring (bicyclic) bond motifs is 5. The summed E-state index contributed by atoms with van der Waals surface area (Å²) in [5, 5.41) is 2.12. The summed E-state index contributed by atoms with van der Waals surface area (Å²) in [6.07, 6.45) is 4.68. The lowest BCUT2D eigenvalue weighted by Crippen LogP contribution is -2.02. The van der Waals surface area contributed by atoms with Gasteiger partial charge in [0.2, 0.25) is 5.95 Å². The first-order valence-electron chi connectivity index (χ1n) is 6.59. The van der Waals surface area contributed by atoms with E-state index in [0.29, 0.717) is 5.82 Å². The summed E-state index contributed by atoms with van der Waals surface area (Å²) in [6.45, 7) is 0. The van der Waals surface area contributed by atoms with Crippen LogP contribution in [-0.4, -0.2) is 15.0 Å². The molecule has 0 bridgehead atoms. The number of nitrogens with one attached hydrogen (secondary N) is 1. The number of hydrogen-bond acceptors (Lipinski definition) is 4. The van der Waals surface area contributed by atoms with Crippen molar-refractivity contribution >= 4 is 33.6 Å². The van der Waals surface area contributed by atoms with Gasteiger partial charge in [-0.1, -0.05) is 0 Å². The average Bonchev–Trinajstić information content (AvgIpc) is 2.76. The first kappa shape index (κ1) is 10.6. The molecule has 19 heavy (non-hydrogen) atoms. The first-order chi connectivity index (χ1) is 9.24. The largest absolute Gasteiger partial charge is 0.383 e. The minimum Gasteiger partial charge on any atom is -0.383 e. The van der Waals surface area contributed by atoms with E-state index in [-0.39, 0.29) is 5.95 Å². The number of hydrogen-bond donors (Lipinski definition) is 3. The third kappa shape index (κ3) is 1.41. The van der Waals surface area contributed by atoms with Crippen molar-refractivity contribution < 1.29 is 0 Å². The van der Waals surface area contributed by atoms with Gasteiger partial charge >= 0.3 is 0 Å². The number of benzene rings is 1. The van der Waals surface area contributed by atoms with Gasteiger partial charge < -0.3 is 16.5 Å². The summed E-state index contributed by atoms with van der Waals surface area (Å²) >= 11 is 0. The number of rotatable bonds is 0. The summed E-state index contributed by atoms with van der Waals surface area (Å²) in [5.74, 6) is 0.703. The molecule has 5 nitrogen and oxygen atoms in total. The van der Waals surface area contributed by atoms with E-state index in [0.717, 1.165) is 29.3 Å². The second kappa shape index (κ2) is 3.60. The maximum absolute atomic E-state index is 6.07. The van der Waals surface area contributed by atoms with Gasteiger partial charge in [-0.2, -0.15) is 4.98 Å². The molecule has 2 heterocycles. The molecular formula is C14H15N5. The predicted octanol–water partition coefficient (Wildman–Crippen LogP) is 2.15. The Morgan fingerprint density at radius 2 is 1.84 bits per heavy atom. The molecule has 0 amide bonds. The van der Waals surface area contributed by atoms with Gasteiger partial charge in [0.25, 0.3) is 0 Å². The SMILES string of the molecule is Nc1nc(N)c2c(ccc3[nH]c4c(c32)CCCC4)n1. The number of aromatic nitrogens is 3. The molecule has 0 spiro atoms. The molecule has 0 unspecified atom stereocenters. The molecule has 0 radical (unpaired) electrons. The molecule has 4 rings (SSSR count). The summed E-state index contributed by atoms with van der Waals surface area (Å²) < 4.78 is 0. The van der Waals surface area contributed by atoms with Crippen LogP contribution in [0.1, 0.15) is 24.1 Å². The lowest BCUT2D eigenvalue weighted by Gasteiger charge is -2.11. The molecule has 5 heteroatoms. The number of anilines is 2. The third-order valence-electron chi connectivity index (χ3n) is 3.96. The molecule has 2 aromatic heterocycles. The van der Waals surface area contributed by atoms with E-state index in [9.17, 15) is 0 Å². The second-order valence-electron chi connectivity index (χ2n) is 5.14. The van der Waals surface area contributed by atoms with Crippen molar-refractivity contribution in [2.24, 2.45) is 0 Å². The van der Waals surface area contributed by atoms with E-state index in [2.05, 4.69) is 21.0 Å². The number of aryl methyl sites for hydroxylation is 2. The van der Waals surface area contributed by atoms with E-state index in [1.807, 2.05) is 6.07 Å². The third-order valence-corrected chi connectivity index (χ3v) is 3.96. The highest BCUT2D eigenvalue weighted by molar-refractivity contribution is 6.12. The first-order valence-corrected chi connectivity index (χ1v) is 6.59. The fourth-order valence-corrected chi connectivity index (χ4v) is 3.17. The standard InChI is InChI=1S/C14H15N5/c15-13-12-10(18-14(16)19-13)6-5-9-11(12)7-3-1-2-4-8(7)17-9/h5-6,17H,1-4H2,(H4,15,16,18,19). The van der Waals surface area contributed by atoms with E-state index in [1.54, 1.807) is 0 Å². The fourth-order valence-electron chi connectivity index (χ4n) is 3.17. The van der Waals surface area contributed by atoms with Crippen molar-refractivity contribution in [3.05, 3.63) is 23.4 Å². The zero-order chi connectivity index (χ0) is 13.0. The van der Waals surface area contributed by atoms with Gasteiger partial charge in [0.05, 0.1) is 10.9 Å². The fraction of sp³-hybridized carbons (Fsp3) is 0.286. The summed E-state index contributed by atoms with van der Waals surface area (Å²) in [7, 11) is 0. The normalized spacial score (nSPS) is 14.9. The molecule has 3 aromatic rings. The lowest BCUT2D eigenvalue weighted by atomic mass is 9.94. The minimum absolute atomic E-state index is 0.230. The Morgan fingerprint density at radius 1 is 1.00 bits per heavy atom. The Balaban J connectivity index is 2.21. The number of nitrogen functional groups attached to an aromatic ring is 2. The smallest absolute Gasteiger partial charge is 0.222 e. The Hall–Kier alpha value is -2.30.